The van der Waals surface area contributed by atoms with Crippen LogP contribution in [0.4, 0.5) is 0 Å². The predicted molar refractivity (Wildman–Crippen MR) is 35.8 cm³/mol. The van der Waals surface area contributed by atoms with Crippen LogP contribution < -0.4 is 0 Å². The van der Waals surface area contributed by atoms with Gasteiger partial charge in [-0.15, -0.1) is 11.6 Å². The first-order valence-corrected chi connectivity index (χ1v) is 3.23. The summed E-state index contributed by atoms with van der Waals surface area (Å²) in [5, 5.41) is 0. The third-order valence-corrected chi connectivity index (χ3v) is 1.30. The molecule has 5 radical (unpaired) electrons. The van der Waals surface area contributed by atoms with Gasteiger partial charge in [-0.1, -0.05) is 0 Å². The molecular formula is C7H8Cl. The molecule has 0 unspecified atom stereocenters. The fraction of sp³-hybridized carbons (Fsp3) is 0.286. The van der Waals surface area contributed by atoms with Crippen molar-refractivity contribution in [1.82, 2.24) is 0 Å². The van der Waals surface area contributed by atoms with Gasteiger partial charge in [0.15, 0.2) is 0 Å². The van der Waals surface area contributed by atoms with E-state index >= 15 is 0 Å². The first-order chi connectivity index (χ1) is 3.93. The molecule has 43 valence electrons. The van der Waals surface area contributed by atoms with Crippen LogP contribution in [0.1, 0.15) is 6.42 Å². The van der Waals surface area contributed by atoms with Crippen molar-refractivity contribution in [2.24, 2.45) is 0 Å². The van der Waals surface area contributed by atoms with Crippen LogP contribution in [-0.4, -0.2) is 5.88 Å². The number of rotatable bonds is 2. The highest BCUT2D eigenvalue weighted by Crippen LogP contribution is 2.25. The predicted octanol–water partition coefficient (Wildman–Crippen LogP) is 2.02. The maximum atomic E-state index is 5.49. The van der Waals surface area contributed by atoms with Gasteiger partial charge in [0.2, 0.25) is 0 Å². The van der Waals surface area contributed by atoms with Crippen LogP contribution in [-0.2, 0) is 0 Å². The van der Waals surface area contributed by atoms with Crippen molar-refractivity contribution in [2.75, 3.05) is 5.88 Å². The molecule has 0 amide bonds. The van der Waals surface area contributed by atoms with Crippen LogP contribution in [0, 0.1) is 31.6 Å². The topological polar surface area (TPSA) is 0 Å². The van der Waals surface area contributed by atoms with E-state index < -0.39 is 0 Å². The highest BCUT2D eigenvalue weighted by molar-refractivity contribution is 6.18. The van der Waals surface area contributed by atoms with E-state index in [4.69, 9.17) is 11.6 Å². The van der Waals surface area contributed by atoms with Crippen molar-refractivity contribution in [3.8, 4) is 0 Å². The van der Waals surface area contributed by atoms with Crippen molar-refractivity contribution >= 4 is 11.6 Å². The molecule has 0 heterocycles. The fourth-order valence-corrected chi connectivity index (χ4v) is 0.908. The Balaban J connectivity index is 2.06. The lowest BCUT2D eigenvalue weighted by molar-refractivity contribution is 1.01. The first-order valence-electron chi connectivity index (χ1n) is 2.70. The van der Waals surface area contributed by atoms with E-state index in [1.54, 1.807) is 0 Å². The Morgan fingerprint density at radius 2 is 1.88 bits per heavy atom. The highest BCUT2D eigenvalue weighted by Gasteiger charge is 2.14. The van der Waals surface area contributed by atoms with Crippen molar-refractivity contribution in [3.63, 3.8) is 0 Å². The van der Waals surface area contributed by atoms with Crippen molar-refractivity contribution in [1.29, 1.82) is 0 Å². The van der Waals surface area contributed by atoms with Gasteiger partial charge in [0.1, 0.15) is 0 Å². The minimum Gasteiger partial charge on any atom is -0.127 e. The third-order valence-electron chi connectivity index (χ3n) is 1.11. The van der Waals surface area contributed by atoms with E-state index in [1.165, 1.54) is 5.92 Å². The number of halogens is 1. The van der Waals surface area contributed by atoms with E-state index in [2.05, 4.69) is 12.8 Å². The Bertz CT molecular complexity index is 55.4. The van der Waals surface area contributed by atoms with Gasteiger partial charge in [-0.05, 0) is 38.0 Å². The van der Waals surface area contributed by atoms with Gasteiger partial charge in [0.25, 0.3) is 0 Å². The Morgan fingerprint density at radius 3 is 2.38 bits per heavy atom. The van der Waals surface area contributed by atoms with Crippen LogP contribution in [0.3, 0.4) is 0 Å². The van der Waals surface area contributed by atoms with E-state index in [1.807, 2.05) is 12.8 Å². The highest BCUT2D eigenvalue weighted by atomic mass is 35.5. The van der Waals surface area contributed by atoms with E-state index in [-0.39, 0.29) is 0 Å². The zero-order chi connectivity index (χ0) is 5.82. The molecular weight excluding hydrogens is 120 g/mol. The molecule has 0 bridgehead atoms. The van der Waals surface area contributed by atoms with E-state index in [0.717, 1.165) is 12.3 Å². The first kappa shape index (κ1) is 6.41. The summed E-state index contributed by atoms with van der Waals surface area (Å²) >= 11 is 5.49. The fourth-order valence-electron chi connectivity index (χ4n) is 0.690. The average molecular weight is 128 g/mol. The largest absolute Gasteiger partial charge is 0.127 e. The van der Waals surface area contributed by atoms with E-state index in [0.29, 0.717) is 0 Å². The molecule has 1 aliphatic carbocycles. The molecule has 1 saturated carbocycles. The maximum absolute atomic E-state index is 5.49. The molecule has 1 heteroatoms. The Hall–Kier alpha value is 0.290. The Kier molecular flexibility index (Phi) is 2.68. The lowest BCUT2D eigenvalue weighted by Gasteiger charge is -2.00. The summed E-state index contributed by atoms with van der Waals surface area (Å²) < 4.78 is 0. The minimum absolute atomic E-state index is 0.726. The monoisotopic (exact) mass is 127 g/mol. The SMILES string of the molecule is ClCC[C]1[CH][CH][CH][CH]1. The molecule has 0 nitrogen and oxygen atoms in total. The summed E-state index contributed by atoms with van der Waals surface area (Å²) in [6, 6.07) is 0. The van der Waals surface area contributed by atoms with Crippen LogP contribution in [0.2, 0.25) is 0 Å². The number of hydrogen-bond acceptors (Lipinski definition) is 0. The lowest BCUT2D eigenvalue weighted by atomic mass is 10.1. The summed E-state index contributed by atoms with van der Waals surface area (Å²) in [6.45, 7) is 0. The summed E-state index contributed by atoms with van der Waals surface area (Å²) in [6.07, 6.45) is 9.23. The average Bonchev–Trinajstić information content (AvgIpc) is 2.19. The zero-order valence-corrected chi connectivity index (χ0v) is 5.36. The standard InChI is InChI=1S/C7H8Cl/c8-6-5-7-3-1-2-4-7/h1-4H,5-6H2. The van der Waals surface area contributed by atoms with Gasteiger partial charge in [-0.25, -0.2) is 0 Å². The van der Waals surface area contributed by atoms with Gasteiger partial charge in [-0.2, -0.15) is 0 Å². The number of hydrogen-bond donors (Lipinski definition) is 0. The Labute approximate surface area is 56.2 Å². The second kappa shape index (κ2) is 3.34. The summed E-state index contributed by atoms with van der Waals surface area (Å²) in [7, 11) is 0. The molecule has 0 N–H and O–H groups in total. The quantitative estimate of drug-likeness (QED) is 0.498. The van der Waals surface area contributed by atoms with Crippen LogP contribution in [0.5, 0.6) is 0 Å². The minimum atomic E-state index is 0.726. The van der Waals surface area contributed by atoms with Crippen LogP contribution in [0.15, 0.2) is 0 Å². The maximum Gasteiger partial charge on any atom is 0.0229 e. The normalized spacial score (nSPS) is 22.1. The van der Waals surface area contributed by atoms with Gasteiger partial charge in [0.05, 0.1) is 0 Å². The molecule has 0 saturated heterocycles. The molecule has 0 aromatic rings. The van der Waals surface area contributed by atoms with E-state index in [9.17, 15) is 0 Å². The van der Waals surface area contributed by atoms with Crippen molar-refractivity contribution in [2.45, 2.75) is 6.42 Å². The van der Waals surface area contributed by atoms with Gasteiger partial charge in [0, 0.05) is 5.88 Å². The van der Waals surface area contributed by atoms with Crippen molar-refractivity contribution in [3.05, 3.63) is 31.6 Å². The molecule has 0 aromatic carbocycles. The smallest absolute Gasteiger partial charge is 0.0229 e. The zero-order valence-electron chi connectivity index (χ0n) is 4.60. The molecule has 8 heavy (non-hydrogen) atoms. The van der Waals surface area contributed by atoms with Gasteiger partial charge in [-0.3, -0.25) is 0 Å². The molecule has 0 aliphatic heterocycles. The molecule has 1 rings (SSSR count). The Morgan fingerprint density at radius 1 is 1.25 bits per heavy atom. The summed E-state index contributed by atoms with van der Waals surface area (Å²) in [5.74, 6) is 2.06. The number of alkyl halides is 1. The van der Waals surface area contributed by atoms with Gasteiger partial charge < -0.3 is 0 Å². The van der Waals surface area contributed by atoms with Crippen LogP contribution in [0.25, 0.3) is 0 Å². The summed E-state index contributed by atoms with van der Waals surface area (Å²) in [5.41, 5.74) is 0. The molecule has 1 aliphatic rings. The lowest BCUT2D eigenvalue weighted by Crippen LogP contribution is -1.90. The molecule has 1 fully saturated rings. The molecule has 0 atom stereocenters. The van der Waals surface area contributed by atoms with Gasteiger partial charge >= 0.3 is 0 Å². The molecule has 0 spiro atoms. The third kappa shape index (κ3) is 1.66. The second-order valence-corrected chi connectivity index (χ2v) is 2.11. The van der Waals surface area contributed by atoms with Crippen molar-refractivity contribution < 1.29 is 0 Å². The van der Waals surface area contributed by atoms with Crippen LogP contribution >= 0.6 is 11.6 Å². The second-order valence-electron chi connectivity index (χ2n) is 1.73. The molecule has 0 aromatic heterocycles. The summed E-state index contributed by atoms with van der Waals surface area (Å²) in [4.78, 5) is 0.